The van der Waals surface area contributed by atoms with Crippen LogP contribution in [-0.2, 0) is 0 Å². The van der Waals surface area contributed by atoms with Gasteiger partial charge in [-0.2, -0.15) is 10.5 Å². The van der Waals surface area contributed by atoms with Crippen LogP contribution in [-0.4, -0.2) is 5.78 Å². The van der Waals surface area contributed by atoms with Gasteiger partial charge in [-0.15, -0.1) is 0 Å². The number of carbonyl (C=O) groups excluding carboxylic acids is 1. The lowest BCUT2D eigenvalue weighted by atomic mass is 10.1. The molecule has 2 rings (SSSR count). The molecule has 0 radical (unpaired) electrons. The molecule has 1 heterocycles. The maximum atomic E-state index is 12.3. The lowest BCUT2D eigenvalue weighted by Gasteiger charge is -1.99. The summed E-state index contributed by atoms with van der Waals surface area (Å²) >= 11 is 0. The molecule has 0 aliphatic heterocycles. The van der Waals surface area contributed by atoms with Crippen molar-refractivity contribution < 1.29 is 9.21 Å². The van der Waals surface area contributed by atoms with Crippen molar-refractivity contribution in [2.75, 3.05) is 0 Å². The number of carbonyl (C=O) groups is 1. The van der Waals surface area contributed by atoms with Crippen molar-refractivity contribution in [1.82, 2.24) is 0 Å². The summed E-state index contributed by atoms with van der Waals surface area (Å²) < 4.78 is 5.58. The Morgan fingerprint density at radius 1 is 1.00 bits per heavy atom. The molecule has 0 amide bonds. The van der Waals surface area contributed by atoms with Crippen LogP contribution in [0.25, 0.3) is 11.0 Å². The van der Waals surface area contributed by atoms with Crippen LogP contribution in [0.3, 0.4) is 0 Å². The molecule has 26 heavy (non-hydrogen) atoms. The predicted molar refractivity (Wildman–Crippen MR) is 102 cm³/mol. The Hall–Kier alpha value is -3.11. The number of fused-ring (bicyclic) bond motifs is 1. The lowest BCUT2D eigenvalue weighted by molar-refractivity contribution is 0.0959. The van der Waals surface area contributed by atoms with E-state index >= 15 is 0 Å². The molecule has 132 valence electrons. The molecular formula is C22H22N2O2. The van der Waals surface area contributed by atoms with Crippen molar-refractivity contribution in [1.29, 1.82) is 10.5 Å². The van der Waals surface area contributed by atoms with Gasteiger partial charge in [0.25, 0.3) is 0 Å². The number of benzene rings is 1. The van der Waals surface area contributed by atoms with E-state index in [1.165, 1.54) is 17.2 Å². The fourth-order valence-electron chi connectivity index (χ4n) is 2.67. The zero-order valence-corrected chi connectivity index (χ0v) is 15.4. The number of nitrogens with zero attached hydrogens (tertiary/aromatic N) is 2. The molecule has 0 fully saturated rings. The maximum absolute atomic E-state index is 12.3. The highest BCUT2D eigenvalue weighted by molar-refractivity contribution is 5.98. The first kappa shape index (κ1) is 19.2. The molecule has 0 atom stereocenters. The molecule has 0 N–H and O–H groups in total. The number of furan rings is 1. The molecule has 0 aliphatic rings. The SMILES string of the molecule is CC(C)=CCC/C(C)=C/CCC(=O)c1cc2cc(C#N)c(C#N)cc2o1. The zero-order valence-electron chi connectivity index (χ0n) is 15.4. The van der Waals surface area contributed by atoms with E-state index in [2.05, 4.69) is 32.9 Å². The van der Waals surface area contributed by atoms with E-state index in [9.17, 15) is 4.79 Å². The van der Waals surface area contributed by atoms with Gasteiger partial charge in [-0.3, -0.25) is 4.79 Å². The summed E-state index contributed by atoms with van der Waals surface area (Å²) in [6.45, 7) is 6.26. The van der Waals surface area contributed by atoms with Gasteiger partial charge in [-0.05, 0) is 52.2 Å². The lowest BCUT2D eigenvalue weighted by Crippen LogP contribution is -1.95. The normalized spacial score (nSPS) is 11.0. The molecule has 2 aromatic rings. The number of hydrogen-bond donors (Lipinski definition) is 0. The van der Waals surface area contributed by atoms with Crippen molar-refractivity contribution in [2.24, 2.45) is 0 Å². The van der Waals surface area contributed by atoms with Gasteiger partial charge in [0.2, 0.25) is 0 Å². The standard InChI is InChI=1S/C22H22N2O2/c1-15(2)6-4-7-16(3)8-5-9-20(25)22-11-17-10-18(13-23)19(14-24)12-21(17)26-22/h6,8,10-12H,4-5,7,9H2,1-3H3/b16-8+. The quantitative estimate of drug-likeness (QED) is 0.466. The maximum Gasteiger partial charge on any atom is 0.198 e. The van der Waals surface area contributed by atoms with Gasteiger partial charge in [-0.25, -0.2) is 0 Å². The van der Waals surface area contributed by atoms with Crippen molar-refractivity contribution in [3.63, 3.8) is 0 Å². The Morgan fingerprint density at radius 3 is 2.31 bits per heavy atom. The van der Waals surface area contributed by atoms with E-state index in [0.717, 1.165) is 12.8 Å². The van der Waals surface area contributed by atoms with Crippen LogP contribution in [0.5, 0.6) is 0 Å². The van der Waals surface area contributed by atoms with Crippen molar-refractivity contribution in [3.8, 4) is 12.1 Å². The average Bonchev–Trinajstić information content (AvgIpc) is 3.02. The van der Waals surface area contributed by atoms with E-state index in [-0.39, 0.29) is 22.7 Å². The number of hydrogen-bond acceptors (Lipinski definition) is 4. The Kier molecular flexibility index (Phi) is 6.53. The van der Waals surface area contributed by atoms with Crippen LogP contribution in [0.15, 0.2) is 45.9 Å². The second kappa shape index (κ2) is 8.83. The Balaban J connectivity index is 2.03. The van der Waals surface area contributed by atoms with Crippen LogP contribution in [0.2, 0.25) is 0 Å². The van der Waals surface area contributed by atoms with E-state index in [1.807, 2.05) is 12.1 Å². The predicted octanol–water partition coefficient (Wildman–Crippen LogP) is 5.83. The molecule has 0 aliphatic carbocycles. The average molecular weight is 346 g/mol. The largest absolute Gasteiger partial charge is 0.453 e. The highest BCUT2D eigenvalue weighted by Crippen LogP contribution is 2.24. The minimum atomic E-state index is -0.0773. The number of Topliss-reactive ketones (excluding diaryl/α,β-unsaturated/α-hetero) is 1. The van der Waals surface area contributed by atoms with Gasteiger partial charge in [0, 0.05) is 17.9 Å². The third-order valence-electron chi connectivity index (χ3n) is 4.13. The topological polar surface area (TPSA) is 77.8 Å². The third-order valence-corrected chi connectivity index (χ3v) is 4.13. The first-order chi connectivity index (χ1) is 12.4. The number of rotatable bonds is 7. The second-order valence-electron chi connectivity index (χ2n) is 6.60. The van der Waals surface area contributed by atoms with Crippen LogP contribution in [0.1, 0.15) is 68.1 Å². The first-order valence-electron chi connectivity index (χ1n) is 8.64. The van der Waals surface area contributed by atoms with Gasteiger partial charge in [0.1, 0.15) is 17.7 Å². The molecule has 1 aromatic carbocycles. The van der Waals surface area contributed by atoms with Gasteiger partial charge >= 0.3 is 0 Å². The number of nitriles is 2. The van der Waals surface area contributed by atoms with Crippen LogP contribution in [0, 0.1) is 22.7 Å². The van der Waals surface area contributed by atoms with Gasteiger partial charge in [0.05, 0.1) is 11.1 Å². The summed E-state index contributed by atoms with van der Waals surface area (Å²) in [6.07, 6.45) is 7.37. The monoisotopic (exact) mass is 346 g/mol. The van der Waals surface area contributed by atoms with E-state index in [0.29, 0.717) is 23.8 Å². The summed E-state index contributed by atoms with van der Waals surface area (Å²) in [6, 6.07) is 8.70. The molecule has 0 bridgehead atoms. The van der Waals surface area contributed by atoms with Crippen molar-refractivity contribution in [2.45, 2.75) is 46.5 Å². The van der Waals surface area contributed by atoms with Gasteiger partial charge < -0.3 is 4.42 Å². The Labute approximate surface area is 154 Å². The fraction of sp³-hybridized carbons (Fsp3) is 0.318. The summed E-state index contributed by atoms with van der Waals surface area (Å²) in [5.41, 5.74) is 3.59. The Bertz CT molecular complexity index is 907. The van der Waals surface area contributed by atoms with E-state index < -0.39 is 0 Å². The molecule has 0 spiro atoms. The number of ketones is 1. The Morgan fingerprint density at radius 2 is 1.65 bits per heavy atom. The van der Waals surface area contributed by atoms with Gasteiger partial charge in [0.15, 0.2) is 11.5 Å². The summed E-state index contributed by atoms with van der Waals surface area (Å²) in [7, 11) is 0. The van der Waals surface area contributed by atoms with Gasteiger partial charge in [-0.1, -0.05) is 23.3 Å². The molecule has 4 heteroatoms. The third kappa shape index (κ3) is 4.94. The van der Waals surface area contributed by atoms with E-state index in [1.54, 1.807) is 12.1 Å². The molecule has 0 saturated carbocycles. The molecule has 0 saturated heterocycles. The second-order valence-corrected chi connectivity index (χ2v) is 6.60. The smallest absolute Gasteiger partial charge is 0.198 e. The van der Waals surface area contributed by atoms with Crippen molar-refractivity contribution >= 4 is 16.8 Å². The first-order valence-corrected chi connectivity index (χ1v) is 8.64. The zero-order chi connectivity index (χ0) is 19.1. The van der Waals surface area contributed by atoms with E-state index in [4.69, 9.17) is 14.9 Å². The summed E-state index contributed by atoms with van der Waals surface area (Å²) in [5, 5.41) is 18.8. The summed E-state index contributed by atoms with van der Waals surface area (Å²) in [4.78, 5) is 12.3. The van der Waals surface area contributed by atoms with Crippen LogP contribution < -0.4 is 0 Å². The molecule has 4 nitrogen and oxygen atoms in total. The van der Waals surface area contributed by atoms with Crippen LogP contribution in [0.4, 0.5) is 0 Å². The van der Waals surface area contributed by atoms with Crippen LogP contribution >= 0.6 is 0 Å². The molecule has 0 unspecified atom stereocenters. The number of allylic oxidation sites excluding steroid dienone is 4. The van der Waals surface area contributed by atoms with Crippen molar-refractivity contribution in [3.05, 3.63) is 58.4 Å². The molecular weight excluding hydrogens is 324 g/mol. The highest BCUT2D eigenvalue weighted by atomic mass is 16.3. The fourth-order valence-corrected chi connectivity index (χ4v) is 2.67. The summed E-state index contributed by atoms with van der Waals surface area (Å²) in [5.74, 6) is 0.195. The molecule has 1 aromatic heterocycles. The minimum absolute atomic E-state index is 0.0773. The highest BCUT2D eigenvalue weighted by Gasteiger charge is 2.14. The minimum Gasteiger partial charge on any atom is -0.453 e.